The molecule has 82 valence electrons. The first-order valence-corrected chi connectivity index (χ1v) is 4.87. The normalized spacial score (nSPS) is 10.6. The molecular weight excluding hydrogens is 232 g/mol. The minimum Gasteiger partial charge on any atom is -0.481 e. The molecule has 0 radical (unpaired) electrons. The largest absolute Gasteiger partial charge is 0.481 e. The van der Waals surface area contributed by atoms with Gasteiger partial charge in [-0.1, -0.05) is 11.6 Å². The third kappa shape index (κ3) is 1.92. The molecule has 0 aliphatic heterocycles. The number of benzene rings is 1. The molecule has 0 fully saturated rings. The summed E-state index contributed by atoms with van der Waals surface area (Å²) in [5, 5.41) is 9.32. The van der Waals surface area contributed by atoms with E-state index in [1.54, 1.807) is 12.1 Å². The van der Waals surface area contributed by atoms with Crippen LogP contribution >= 0.6 is 11.6 Å². The summed E-state index contributed by atoms with van der Waals surface area (Å²) < 4.78 is 5.16. The fourth-order valence-electron chi connectivity index (χ4n) is 1.43. The summed E-state index contributed by atoms with van der Waals surface area (Å²) in [6.45, 7) is 0. The van der Waals surface area contributed by atoms with Crippen molar-refractivity contribution in [1.29, 1.82) is 0 Å². The first kappa shape index (κ1) is 10.7. The van der Waals surface area contributed by atoms with Gasteiger partial charge in [0.25, 0.3) is 0 Å². The van der Waals surface area contributed by atoms with Crippen molar-refractivity contribution in [2.24, 2.45) is 0 Å². The van der Waals surface area contributed by atoms with Gasteiger partial charge in [0.15, 0.2) is 5.43 Å². The molecule has 0 unspecified atom stereocenters. The highest BCUT2D eigenvalue weighted by atomic mass is 35.5. The predicted molar refractivity (Wildman–Crippen MR) is 58.8 cm³/mol. The van der Waals surface area contributed by atoms with Crippen LogP contribution in [0.15, 0.2) is 33.7 Å². The van der Waals surface area contributed by atoms with Crippen LogP contribution in [0.4, 0.5) is 0 Å². The molecule has 5 heteroatoms. The molecule has 2 aromatic rings. The SMILES string of the molecule is O=C(O)Cc1coc2ccc(Cl)cc2c1=O. The molecule has 0 atom stereocenters. The van der Waals surface area contributed by atoms with E-state index in [1.165, 1.54) is 12.3 Å². The van der Waals surface area contributed by atoms with Gasteiger partial charge in [-0.2, -0.15) is 0 Å². The molecule has 0 amide bonds. The average Bonchev–Trinajstić information content (AvgIpc) is 2.22. The minimum absolute atomic E-state index is 0.113. The molecule has 16 heavy (non-hydrogen) atoms. The Morgan fingerprint density at radius 1 is 1.44 bits per heavy atom. The van der Waals surface area contributed by atoms with Crippen LogP contribution in [0.25, 0.3) is 11.0 Å². The van der Waals surface area contributed by atoms with Gasteiger partial charge in [-0.25, -0.2) is 0 Å². The zero-order chi connectivity index (χ0) is 11.7. The van der Waals surface area contributed by atoms with E-state index in [4.69, 9.17) is 21.1 Å². The molecular formula is C11H7ClO4. The molecule has 4 nitrogen and oxygen atoms in total. The van der Waals surface area contributed by atoms with E-state index in [9.17, 15) is 9.59 Å². The number of carboxylic acid groups (broad SMARTS) is 1. The van der Waals surface area contributed by atoms with Gasteiger partial charge in [-0.15, -0.1) is 0 Å². The second kappa shape index (κ2) is 3.98. The van der Waals surface area contributed by atoms with Gasteiger partial charge in [0, 0.05) is 10.6 Å². The standard InChI is InChI=1S/C11H7ClO4/c12-7-1-2-9-8(4-7)11(15)6(5-16-9)3-10(13)14/h1-2,4-5H,3H2,(H,13,14). The number of halogens is 1. The summed E-state index contributed by atoms with van der Waals surface area (Å²) in [7, 11) is 0. The molecule has 2 rings (SSSR count). The molecule has 1 heterocycles. The van der Waals surface area contributed by atoms with Crippen molar-refractivity contribution in [2.45, 2.75) is 6.42 Å². The van der Waals surface area contributed by atoms with Gasteiger partial charge in [0.05, 0.1) is 18.1 Å². The Kier molecular flexibility index (Phi) is 2.66. The topological polar surface area (TPSA) is 67.5 Å². The molecule has 0 aliphatic carbocycles. The third-order valence-electron chi connectivity index (χ3n) is 2.15. The van der Waals surface area contributed by atoms with Crippen molar-refractivity contribution in [2.75, 3.05) is 0 Å². The van der Waals surface area contributed by atoms with Gasteiger partial charge in [-0.05, 0) is 18.2 Å². The fourth-order valence-corrected chi connectivity index (χ4v) is 1.60. The minimum atomic E-state index is -1.08. The molecule has 0 bridgehead atoms. The van der Waals surface area contributed by atoms with E-state index in [1.807, 2.05) is 0 Å². The van der Waals surface area contributed by atoms with Crippen molar-refractivity contribution in [3.8, 4) is 0 Å². The second-order valence-electron chi connectivity index (χ2n) is 3.30. The van der Waals surface area contributed by atoms with Crippen molar-refractivity contribution in [3.05, 3.63) is 45.3 Å². The summed E-state index contributed by atoms with van der Waals surface area (Å²) in [5.41, 5.74) is 0.150. The summed E-state index contributed by atoms with van der Waals surface area (Å²) in [6, 6.07) is 4.64. The highest BCUT2D eigenvalue weighted by molar-refractivity contribution is 6.31. The van der Waals surface area contributed by atoms with E-state index < -0.39 is 5.97 Å². The maximum absolute atomic E-state index is 11.8. The third-order valence-corrected chi connectivity index (χ3v) is 2.38. The quantitative estimate of drug-likeness (QED) is 0.870. The van der Waals surface area contributed by atoms with Crippen LogP contribution in [-0.2, 0) is 11.2 Å². The molecule has 0 saturated heterocycles. The maximum Gasteiger partial charge on any atom is 0.308 e. The van der Waals surface area contributed by atoms with E-state index >= 15 is 0 Å². The Labute approximate surface area is 95.1 Å². The fraction of sp³-hybridized carbons (Fsp3) is 0.0909. The monoisotopic (exact) mass is 238 g/mol. The lowest BCUT2D eigenvalue weighted by molar-refractivity contribution is -0.136. The van der Waals surface area contributed by atoms with Gasteiger partial charge in [0.1, 0.15) is 5.58 Å². The molecule has 1 aromatic carbocycles. The Hall–Kier alpha value is -1.81. The van der Waals surface area contributed by atoms with Crippen LogP contribution in [0.2, 0.25) is 5.02 Å². The Morgan fingerprint density at radius 2 is 2.19 bits per heavy atom. The van der Waals surface area contributed by atoms with E-state index in [0.29, 0.717) is 16.0 Å². The number of hydrogen-bond donors (Lipinski definition) is 1. The van der Waals surface area contributed by atoms with Crippen LogP contribution < -0.4 is 5.43 Å². The highest BCUT2D eigenvalue weighted by Crippen LogP contribution is 2.17. The summed E-state index contributed by atoms with van der Waals surface area (Å²) in [5.74, 6) is -1.08. The smallest absolute Gasteiger partial charge is 0.308 e. The number of carbonyl (C=O) groups is 1. The van der Waals surface area contributed by atoms with Crippen LogP contribution in [0.5, 0.6) is 0 Å². The first-order chi connectivity index (χ1) is 7.58. The average molecular weight is 239 g/mol. The lowest BCUT2D eigenvalue weighted by Gasteiger charge is -2.00. The highest BCUT2D eigenvalue weighted by Gasteiger charge is 2.10. The number of fused-ring (bicyclic) bond motifs is 1. The molecule has 0 spiro atoms. The van der Waals surface area contributed by atoms with Gasteiger partial charge in [-0.3, -0.25) is 9.59 Å². The van der Waals surface area contributed by atoms with Crippen LogP contribution in [0, 0.1) is 0 Å². The molecule has 0 saturated carbocycles. The van der Waals surface area contributed by atoms with Crippen molar-refractivity contribution >= 4 is 28.5 Å². The van der Waals surface area contributed by atoms with Crippen molar-refractivity contribution < 1.29 is 14.3 Å². The van der Waals surface area contributed by atoms with E-state index in [0.717, 1.165) is 0 Å². The molecule has 0 aliphatic rings. The van der Waals surface area contributed by atoms with Crippen molar-refractivity contribution in [3.63, 3.8) is 0 Å². The second-order valence-corrected chi connectivity index (χ2v) is 3.74. The van der Waals surface area contributed by atoms with Crippen LogP contribution in [-0.4, -0.2) is 11.1 Å². The van der Waals surface area contributed by atoms with Crippen LogP contribution in [0.3, 0.4) is 0 Å². The maximum atomic E-state index is 11.8. The van der Waals surface area contributed by atoms with Crippen LogP contribution in [0.1, 0.15) is 5.56 Å². The number of hydrogen-bond acceptors (Lipinski definition) is 3. The number of aliphatic carboxylic acids is 1. The zero-order valence-corrected chi connectivity index (χ0v) is 8.82. The van der Waals surface area contributed by atoms with E-state index in [-0.39, 0.29) is 17.4 Å². The van der Waals surface area contributed by atoms with Gasteiger partial charge < -0.3 is 9.52 Å². The van der Waals surface area contributed by atoms with Gasteiger partial charge >= 0.3 is 5.97 Å². The zero-order valence-electron chi connectivity index (χ0n) is 8.07. The summed E-state index contributed by atoms with van der Waals surface area (Å²) in [4.78, 5) is 22.4. The summed E-state index contributed by atoms with van der Waals surface area (Å²) in [6.07, 6.45) is 0.817. The first-order valence-electron chi connectivity index (χ1n) is 4.49. The Morgan fingerprint density at radius 3 is 2.88 bits per heavy atom. The number of carboxylic acids is 1. The Balaban J connectivity index is 2.68. The lowest BCUT2D eigenvalue weighted by Crippen LogP contribution is -2.13. The van der Waals surface area contributed by atoms with Crippen molar-refractivity contribution in [1.82, 2.24) is 0 Å². The van der Waals surface area contributed by atoms with E-state index in [2.05, 4.69) is 0 Å². The summed E-state index contributed by atoms with van der Waals surface area (Å²) >= 11 is 5.75. The Bertz CT molecular complexity index is 615. The number of rotatable bonds is 2. The molecule has 1 N–H and O–H groups in total. The lowest BCUT2D eigenvalue weighted by atomic mass is 10.1. The predicted octanol–water partition coefficient (Wildman–Crippen LogP) is 2.07. The van der Waals surface area contributed by atoms with Gasteiger partial charge in [0.2, 0.25) is 0 Å². The molecule has 1 aromatic heterocycles.